The summed E-state index contributed by atoms with van der Waals surface area (Å²) in [5, 5.41) is 8.22. The van der Waals surface area contributed by atoms with Crippen molar-refractivity contribution >= 4 is 39.9 Å². The molecular weight excluding hydrogens is 542 g/mol. The van der Waals surface area contributed by atoms with Gasteiger partial charge in [0, 0.05) is 46.5 Å². The smallest absolute Gasteiger partial charge is 0.227 e. The molecule has 2 aromatic carbocycles. The zero-order valence-corrected chi connectivity index (χ0v) is 24.5. The van der Waals surface area contributed by atoms with E-state index in [1.807, 2.05) is 32.9 Å². The van der Waals surface area contributed by atoms with Crippen LogP contribution in [0.5, 0.6) is 17.2 Å². The van der Waals surface area contributed by atoms with Crippen LogP contribution < -0.4 is 14.8 Å². The maximum absolute atomic E-state index is 12.8. The molecule has 8 nitrogen and oxygen atoms in total. The molecular formula is C32H34ClN3O5. The zero-order valence-electron chi connectivity index (χ0n) is 23.8. The van der Waals surface area contributed by atoms with Crippen LogP contribution in [0.15, 0.2) is 53.2 Å². The van der Waals surface area contributed by atoms with E-state index in [-0.39, 0.29) is 35.9 Å². The summed E-state index contributed by atoms with van der Waals surface area (Å²) >= 11 is 6.57. The van der Waals surface area contributed by atoms with Crippen LogP contribution in [-0.4, -0.2) is 28.9 Å². The number of pyridine rings is 1. The van der Waals surface area contributed by atoms with Gasteiger partial charge in [0.05, 0.1) is 30.4 Å². The molecule has 0 aliphatic heterocycles. The Morgan fingerprint density at radius 3 is 2.51 bits per heavy atom. The van der Waals surface area contributed by atoms with Crippen molar-refractivity contribution in [3.63, 3.8) is 0 Å². The number of halogens is 1. The number of hydrogen-bond acceptors (Lipinski definition) is 7. The van der Waals surface area contributed by atoms with Gasteiger partial charge >= 0.3 is 0 Å². The molecule has 0 radical (unpaired) electrons. The summed E-state index contributed by atoms with van der Waals surface area (Å²) in [4.78, 5) is 30.0. The SMILES string of the molecule is COc1cc2nccc(Oc3ccc(CC(=O)Cc4cc(C(C)(C)C)on4)c(Cl)c3)c2cc1NC(=O)C1CCCC1. The third kappa shape index (κ3) is 6.70. The van der Waals surface area contributed by atoms with Gasteiger partial charge in [0.15, 0.2) is 0 Å². The largest absolute Gasteiger partial charge is 0.494 e. The van der Waals surface area contributed by atoms with Gasteiger partial charge in [-0.15, -0.1) is 0 Å². The lowest BCUT2D eigenvalue weighted by Crippen LogP contribution is -2.20. The number of ketones is 1. The molecule has 41 heavy (non-hydrogen) atoms. The summed E-state index contributed by atoms with van der Waals surface area (Å²) in [7, 11) is 1.57. The minimum absolute atomic E-state index is 0.00150. The average Bonchev–Trinajstić information content (AvgIpc) is 3.63. The van der Waals surface area contributed by atoms with Crippen molar-refractivity contribution in [2.75, 3.05) is 12.4 Å². The minimum atomic E-state index is -0.176. The number of benzene rings is 2. The van der Waals surface area contributed by atoms with E-state index in [2.05, 4.69) is 15.5 Å². The number of Topliss-reactive ketones (excluding diaryl/α,β-unsaturated/α-hetero) is 1. The molecule has 5 rings (SSSR count). The topological polar surface area (TPSA) is 104 Å². The Hall–Kier alpha value is -3.91. The number of carbonyl (C=O) groups excluding carboxylic acids is 2. The van der Waals surface area contributed by atoms with Gasteiger partial charge in [0.1, 0.15) is 28.8 Å². The molecule has 214 valence electrons. The summed E-state index contributed by atoms with van der Waals surface area (Å²) in [6, 6.07) is 12.5. The van der Waals surface area contributed by atoms with Crippen LogP contribution >= 0.6 is 11.6 Å². The molecule has 0 spiro atoms. The molecule has 0 bridgehead atoms. The van der Waals surface area contributed by atoms with Crippen LogP contribution in [0.4, 0.5) is 5.69 Å². The number of carbonyl (C=O) groups is 2. The quantitative estimate of drug-likeness (QED) is 0.221. The van der Waals surface area contributed by atoms with Crippen molar-refractivity contribution in [3.05, 3.63) is 70.7 Å². The maximum atomic E-state index is 12.8. The predicted molar refractivity (Wildman–Crippen MR) is 158 cm³/mol. The first-order chi connectivity index (χ1) is 19.6. The van der Waals surface area contributed by atoms with E-state index in [0.29, 0.717) is 50.1 Å². The number of anilines is 1. The lowest BCUT2D eigenvalue weighted by Gasteiger charge is -2.16. The summed E-state index contributed by atoms with van der Waals surface area (Å²) in [6.45, 7) is 6.09. The van der Waals surface area contributed by atoms with Gasteiger partial charge in [-0.05, 0) is 42.7 Å². The van der Waals surface area contributed by atoms with Crippen molar-refractivity contribution in [3.8, 4) is 17.2 Å². The number of amides is 1. The molecule has 0 unspecified atom stereocenters. The Labute approximate surface area is 244 Å². The first kappa shape index (κ1) is 28.6. The number of methoxy groups -OCH3 is 1. The minimum Gasteiger partial charge on any atom is -0.494 e. The molecule has 4 aromatic rings. The van der Waals surface area contributed by atoms with E-state index in [9.17, 15) is 9.59 Å². The summed E-state index contributed by atoms with van der Waals surface area (Å²) in [5.41, 5.74) is 2.36. The molecule has 1 aliphatic rings. The second kappa shape index (κ2) is 11.9. The Balaban J connectivity index is 1.31. The third-order valence-corrected chi connectivity index (χ3v) is 7.67. The van der Waals surface area contributed by atoms with Crippen LogP contribution in [0.2, 0.25) is 5.02 Å². The predicted octanol–water partition coefficient (Wildman–Crippen LogP) is 7.46. The maximum Gasteiger partial charge on any atom is 0.227 e. The molecule has 0 atom stereocenters. The molecule has 9 heteroatoms. The fourth-order valence-electron chi connectivity index (χ4n) is 5.01. The van der Waals surface area contributed by atoms with Gasteiger partial charge in [-0.25, -0.2) is 0 Å². The lowest BCUT2D eigenvalue weighted by molar-refractivity contribution is -0.120. The highest BCUT2D eigenvalue weighted by atomic mass is 35.5. The van der Waals surface area contributed by atoms with E-state index in [1.54, 1.807) is 43.6 Å². The van der Waals surface area contributed by atoms with Gasteiger partial charge < -0.3 is 19.3 Å². The Kier molecular flexibility index (Phi) is 8.31. The third-order valence-electron chi connectivity index (χ3n) is 7.32. The standard InChI is InChI=1S/C32H34ClN3O5/c1-32(2,3)30-15-21(36-41-30)14-22(37)13-20-9-10-23(16-25(20)33)40-28-11-12-34-26-18-29(39-4)27(17-24(26)28)35-31(38)19-7-5-6-8-19/h9-12,15-19H,5-8,13-14H2,1-4H3,(H,35,38). The molecule has 2 aromatic heterocycles. The fraction of sp³-hybridized carbons (Fsp3) is 0.375. The summed E-state index contributed by atoms with van der Waals surface area (Å²) in [6.07, 6.45) is 5.93. The number of fused-ring (bicyclic) bond motifs is 1. The van der Waals surface area contributed by atoms with Crippen molar-refractivity contribution in [1.29, 1.82) is 0 Å². The van der Waals surface area contributed by atoms with Gasteiger partial charge in [-0.3, -0.25) is 14.6 Å². The Morgan fingerprint density at radius 1 is 1.05 bits per heavy atom. The molecule has 2 heterocycles. The van der Waals surface area contributed by atoms with Crippen molar-refractivity contribution in [1.82, 2.24) is 10.1 Å². The first-order valence-corrected chi connectivity index (χ1v) is 14.2. The molecule has 1 N–H and O–H groups in total. The van der Waals surface area contributed by atoms with Crippen molar-refractivity contribution < 1.29 is 23.6 Å². The second-order valence-electron chi connectivity index (χ2n) is 11.5. The van der Waals surface area contributed by atoms with Crippen LogP contribution in [-0.2, 0) is 27.8 Å². The number of ether oxygens (including phenoxy) is 2. The van der Waals surface area contributed by atoms with E-state index in [0.717, 1.165) is 31.4 Å². The summed E-state index contributed by atoms with van der Waals surface area (Å²) in [5.74, 6) is 2.34. The Morgan fingerprint density at radius 2 is 1.83 bits per heavy atom. The molecule has 1 amide bonds. The van der Waals surface area contributed by atoms with E-state index in [1.165, 1.54) is 0 Å². The van der Waals surface area contributed by atoms with Crippen LogP contribution in [0.25, 0.3) is 10.9 Å². The fourth-order valence-corrected chi connectivity index (χ4v) is 5.25. The second-order valence-corrected chi connectivity index (χ2v) is 11.9. The average molecular weight is 576 g/mol. The number of aromatic nitrogens is 2. The molecule has 1 saturated carbocycles. The highest BCUT2D eigenvalue weighted by Gasteiger charge is 2.24. The monoisotopic (exact) mass is 575 g/mol. The lowest BCUT2D eigenvalue weighted by atomic mass is 9.93. The molecule has 1 aliphatic carbocycles. The van der Waals surface area contributed by atoms with E-state index in [4.69, 9.17) is 25.6 Å². The number of nitrogens with zero attached hydrogens (tertiary/aromatic N) is 2. The van der Waals surface area contributed by atoms with Gasteiger partial charge in [0.25, 0.3) is 0 Å². The number of hydrogen-bond donors (Lipinski definition) is 1. The van der Waals surface area contributed by atoms with Gasteiger partial charge in [-0.1, -0.05) is 56.4 Å². The van der Waals surface area contributed by atoms with Crippen molar-refractivity contribution in [2.45, 2.75) is 64.7 Å². The van der Waals surface area contributed by atoms with Crippen LogP contribution in [0.1, 0.15) is 63.5 Å². The summed E-state index contributed by atoms with van der Waals surface area (Å²) < 4.78 is 17.1. The molecule has 1 fully saturated rings. The highest BCUT2D eigenvalue weighted by molar-refractivity contribution is 6.31. The van der Waals surface area contributed by atoms with Crippen molar-refractivity contribution in [2.24, 2.45) is 5.92 Å². The van der Waals surface area contributed by atoms with Crippen LogP contribution in [0, 0.1) is 5.92 Å². The van der Waals surface area contributed by atoms with E-state index >= 15 is 0 Å². The highest BCUT2D eigenvalue weighted by Crippen LogP contribution is 2.37. The van der Waals surface area contributed by atoms with Gasteiger partial charge in [0.2, 0.25) is 5.91 Å². The first-order valence-electron chi connectivity index (χ1n) is 13.8. The number of nitrogens with one attached hydrogen (secondary N) is 1. The van der Waals surface area contributed by atoms with E-state index < -0.39 is 0 Å². The van der Waals surface area contributed by atoms with Gasteiger partial charge in [-0.2, -0.15) is 0 Å². The molecule has 0 saturated heterocycles. The Bertz CT molecular complexity index is 1580. The zero-order chi connectivity index (χ0) is 29.1. The van der Waals surface area contributed by atoms with Crippen LogP contribution in [0.3, 0.4) is 0 Å². The normalized spacial score (nSPS) is 13.9. The number of rotatable bonds is 9.